The van der Waals surface area contributed by atoms with Gasteiger partial charge < -0.3 is 15.8 Å². The molecule has 0 aliphatic heterocycles. The standard InChI is InChI=1S/C2H5N3O2/c3-1-2(4)5(6)7/h4H,1,3H2. The summed E-state index contributed by atoms with van der Waals surface area (Å²) in [6.45, 7) is -0.299. The van der Waals surface area contributed by atoms with E-state index in [0.717, 1.165) is 0 Å². The Balaban J connectivity index is 3.58. The van der Waals surface area contributed by atoms with E-state index in [0.29, 0.717) is 0 Å². The summed E-state index contributed by atoms with van der Waals surface area (Å²) in [5.41, 5.74) is 4.71. The molecule has 0 fully saturated rings. The summed E-state index contributed by atoms with van der Waals surface area (Å²) in [4.78, 5) is 8.61. The highest BCUT2D eigenvalue weighted by Gasteiger charge is 2.00. The minimum atomic E-state index is -0.819. The molecule has 0 aromatic rings. The van der Waals surface area contributed by atoms with Crippen molar-refractivity contribution in [3.8, 4) is 0 Å². The number of hydrogen-bond donors (Lipinski definition) is 2. The van der Waals surface area contributed by atoms with Crippen molar-refractivity contribution in [1.82, 2.24) is 0 Å². The monoisotopic (exact) mass is 103 g/mol. The van der Waals surface area contributed by atoms with Gasteiger partial charge in [-0.1, -0.05) is 5.41 Å². The predicted octanol–water partition coefficient (Wildman–Crippen LogP) is -0.801. The lowest BCUT2D eigenvalue weighted by Crippen LogP contribution is -2.20. The van der Waals surface area contributed by atoms with Crippen molar-refractivity contribution in [1.29, 1.82) is 5.41 Å². The van der Waals surface area contributed by atoms with Crippen LogP contribution in [-0.4, -0.2) is 17.3 Å². The van der Waals surface area contributed by atoms with Crippen molar-refractivity contribution in [2.45, 2.75) is 0 Å². The van der Waals surface area contributed by atoms with Crippen LogP contribution in [0.2, 0.25) is 0 Å². The van der Waals surface area contributed by atoms with Gasteiger partial charge in [0.1, 0.15) is 6.54 Å². The average Bonchev–Trinajstić information content (AvgIpc) is 1.65. The summed E-state index contributed by atoms with van der Waals surface area (Å²) in [6, 6.07) is 0. The van der Waals surface area contributed by atoms with Gasteiger partial charge in [-0.25, -0.2) is 0 Å². The molecule has 0 aromatic carbocycles. The number of rotatable bonds is 1. The Bertz CT molecular complexity index is 99.1. The lowest BCUT2D eigenvalue weighted by atomic mass is 10.6. The van der Waals surface area contributed by atoms with Crippen molar-refractivity contribution in [3.63, 3.8) is 0 Å². The van der Waals surface area contributed by atoms with Gasteiger partial charge in [0.25, 0.3) is 0 Å². The Morgan fingerprint density at radius 2 is 2.43 bits per heavy atom. The van der Waals surface area contributed by atoms with Gasteiger partial charge in [-0.15, -0.1) is 0 Å². The molecule has 0 aliphatic rings. The van der Waals surface area contributed by atoms with E-state index < -0.39 is 10.8 Å². The molecule has 5 heteroatoms. The number of nitro groups is 1. The van der Waals surface area contributed by atoms with Crippen LogP contribution in [-0.2, 0) is 0 Å². The van der Waals surface area contributed by atoms with Gasteiger partial charge in [-0.3, -0.25) is 0 Å². The van der Waals surface area contributed by atoms with Crippen LogP contribution >= 0.6 is 0 Å². The topological polar surface area (TPSA) is 93.0 Å². The number of nitrogens with two attached hydrogens (primary N) is 1. The molecule has 0 unspecified atom stereocenters. The lowest BCUT2D eigenvalue weighted by Gasteiger charge is -1.87. The van der Waals surface area contributed by atoms with Crippen LogP contribution in [0.5, 0.6) is 0 Å². The molecule has 0 aromatic heterocycles. The zero-order valence-corrected chi connectivity index (χ0v) is 3.55. The second kappa shape index (κ2) is 2.25. The highest BCUT2D eigenvalue weighted by molar-refractivity contribution is 5.72. The Hall–Kier alpha value is -0.970. The molecule has 0 atom stereocenters. The molecule has 0 radical (unpaired) electrons. The largest absolute Gasteiger partial charge is 0.358 e. The molecule has 3 N–H and O–H groups in total. The van der Waals surface area contributed by atoms with E-state index in [1.54, 1.807) is 0 Å². The summed E-state index contributed by atoms with van der Waals surface area (Å²) in [6.07, 6.45) is 0. The second-order valence-corrected chi connectivity index (χ2v) is 0.908. The van der Waals surface area contributed by atoms with E-state index in [-0.39, 0.29) is 6.54 Å². The third kappa shape index (κ3) is 1.83. The molecule has 0 bridgehead atoms. The molecule has 0 rings (SSSR count). The number of amidine groups is 1. The van der Waals surface area contributed by atoms with Crippen molar-refractivity contribution in [2.75, 3.05) is 6.54 Å². The van der Waals surface area contributed by atoms with Gasteiger partial charge in [0.05, 0.1) is 0 Å². The van der Waals surface area contributed by atoms with E-state index in [9.17, 15) is 10.1 Å². The summed E-state index contributed by atoms with van der Waals surface area (Å²) in [5, 5.41) is 15.8. The molecular weight excluding hydrogens is 98.0 g/mol. The van der Waals surface area contributed by atoms with Crippen molar-refractivity contribution in [2.24, 2.45) is 5.73 Å². The van der Waals surface area contributed by atoms with Gasteiger partial charge in [0, 0.05) is 0 Å². The minimum absolute atomic E-state index is 0.299. The zero-order chi connectivity index (χ0) is 5.86. The van der Waals surface area contributed by atoms with Crippen molar-refractivity contribution >= 4 is 5.84 Å². The van der Waals surface area contributed by atoms with E-state index in [1.807, 2.05) is 0 Å². The molecule has 0 spiro atoms. The summed E-state index contributed by atoms with van der Waals surface area (Å²) in [5.74, 6) is -0.653. The van der Waals surface area contributed by atoms with Gasteiger partial charge >= 0.3 is 5.84 Å². The molecule has 0 amide bonds. The highest BCUT2D eigenvalue weighted by atomic mass is 16.6. The molecule has 0 heterocycles. The van der Waals surface area contributed by atoms with Crippen LogP contribution < -0.4 is 5.73 Å². The summed E-state index contributed by atoms with van der Waals surface area (Å²) >= 11 is 0. The molecule has 0 saturated carbocycles. The SMILES string of the molecule is N=C(CN)[N+](=O)[O-]. The van der Waals surface area contributed by atoms with Crippen LogP contribution in [0.3, 0.4) is 0 Å². The smallest absolute Gasteiger partial charge is 0.344 e. The van der Waals surface area contributed by atoms with Crippen molar-refractivity contribution < 1.29 is 4.92 Å². The van der Waals surface area contributed by atoms with E-state index in [1.165, 1.54) is 0 Å². The van der Waals surface area contributed by atoms with Gasteiger partial charge in [-0.2, -0.15) is 0 Å². The van der Waals surface area contributed by atoms with E-state index in [4.69, 9.17) is 11.1 Å². The van der Waals surface area contributed by atoms with Gasteiger partial charge in [0.2, 0.25) is 0 Å². The third-order valence-corrected chi connectivity index (χ3v) is 0.414. The van der Waals surface area contributed by atoms with Crippen LogP contribution in [0, 0.1) is 15.5 Å². The first-order valence-electron chi connectivity index (χ1n) is 1.60. The van der Waals surface area contributed by atoms with Gasteiger partial charge in [0.15, 0.2) is 0 Å². The Labute approximate surface area is 39.8 Å². The molecule has 7 heavy (non-hydrogen) atoms. The number of nitrogens with one attached hydrogen (secondary N) is 1. The van der Waals surface area contributed by atoms with Crippen molar-refractivity contribution in [3.05, 3.63) is 10.1 Å². The summed E-state index contributed by atoms with van der Waals surface area (Å²) in [7, 11) is 0. The maximum atomic E-state index is 9.43. The predicted molar refractivity (Wildman–Crippen MR) is 23.8 cm³/mol. The number of hydrogen-bond acceptors (Lipinski definition) is 4. The van der Waals surface area contributed by atoms with Gasteiger partial charge in [-0.05, 0) is 4.92 Å². The molecule has 0 aliphatic carbocycles. The first-order chi connectivity index (χ1) is 3.18. The van der Waals surface area contributed by atoms with Crippen LogP contribution in [0.4, 0.5) is 0 Å². The van der Waals surface area contributed by atoms with E-state index >= 15 is 0 Å². The fourth-order valence-corrected chi connectivity index (χ4v) is 0.0745. The molecule has 0 saturated heterocycles. The van der Waals surface area contributed by atoms with E-state index in [2.05, 4.69) is 0 Å². The van der Waals surface area contributed by atoms with Crippen LogP contribution in [0.15, 0.2) is 0 Å². The maximum Gasteiger partial charge on any atom is 0.344 e. The lowest BCUT2D eigenvalue weighted by molar-refractivity contribution is -0.353. The molecule has 5 nitrogen and oxygen atoms in total. The molecule has 40 valence electrons. The van der Waals surface area contributed by atoms with Crippen LogP contribution in [0.1, 0.15) is 0 Å². The first-order valence-corrected chi connectivity index (χ1v) is 1.60. The fraction of sp³-hybridized carbons (Fsp3) is 0.500. The Morgan fingerprint density at radius 3 is 2.43 bits per heavy atom. The molecular formula is C2H5N3O2. The van der Waals surface area contributed by atoms with Crippen LogP contribution in [0.25, 0.3) is 0 Å². The quantitative estimate of drug-likeness (QED) is 0.197. The Morgan fingerprint density at radius 1 is 2.00 bits per heavy atom. The summed E-state index contributed by atoms with van der Waals surface area (Å²) < 4.78 is 0. The number of nitrogens with zero attached hydrogens (tertiary/aromatic N) is 1. The third-order valence-electron chi connectivity index (χ3n) is 0.414. The second-order valence-electron chi connectivity index (χ2n) is 0.908. The minimum Gasteiger partial charge on any atom is -0.358 e. The normalized spacial score (nSPS) is 8.14. The maximum absolute atomic E-state index is 9.43. The highest BCUT2D eigenvalue weighted by Crippen LogP contribution is 1.66. The first kappa shape index (κ1) is 6.03. The Kier molecular flexibility index (Phi) is 1.94. The fourth-order valence-electron chi connectivity index (χ4n) is 0.0745. The zero-order valence-electron chi connectivity index (χ0n) is 3.55. The average molecular weight is 103 g/mol.